The zero-order valence-corrected chi connectivity index (χ0v) is 10.3. The Morgan fingerprint density at radius 2 is 2.00 bits per heavy atom. The van der Waals surface area contributed by atoms with Crippen molar-refractivity contribution < 1.29 is 0 Å². The normalized spacial score (nSPS) is 33.6. The summed E-state index contributed by atoms with van der Waals surface area (Å²) >= 11 is 0. The number of hydrogen-bond donors (Lipinski definition) is 1. The highest BCUT2D eigenvalue weighted by Gasteiger charge is 2.38. The van der Waals surface area contributed by atoms with Gasteiger partial charge < -0.3 is 5.73 Å². The van der Waals surface area contributed by atoms with Crippen LogP contribution in [0.15, 0.2) is 0 Å². The predicted octanol–water partition coefficient (Wildman–Crippen LogP) is 2.09. The Morgan fingerprint density at radius 1 is 1.27 bits per heavy atom. The van der Waals surface area contributed by atoms with Gasteiger partial charge in [0.15, 0.2) is 0 Å². The second kappa shape index (κ2) is 4.84. The van der Waals surface area contributed by atoms with Crippen LogP contribution in [0, 0.1) is 17.8 Å². The molecule has 1 aliphatic carbocycles. The van der Waals surface area contributed by atoms with Crippen molar-refractivity contribution in [3.05, 3.63) is 0 Å². The van der Waals surface area contributed by atoms with Crippen molar-refractivity contribution in [2.75, 3.05) is 19.6 Å². The molecule has 2 rings (SSSR count). The molecule has 0 aromatic rings. The van der Waals surface area contributed by atoms with Crippen molar-refractivity contribution in [1.82, 2.24) is 4.90 Å². The maximum atomic E-state index is 5.69. The first-order chi connectivity index (χ1) is 7.22. The van der Waals surface area contributed by atoms with Crippen molar-refractivity contribution in [3.8, 4) is 0 Å². The van der Waals surface area contributed by atoms with E-state index in [0.717, 1.165) is 30.3 Å². The third-order valence-electron chi connectivity index (χ3n) is 4.51. The number of nitrogens with zero attached hydrogens (tertiary/aromatic N) is 1. The number of nitrogens with two attached hydrogens (primary N) is 1. The third kappa shape index (κ3) is 2.36. The summed E-state index contributed by atoms with van der Waals surface area (Å²) in [6.45, 7) is 8.29. The highest BCUT2D eigenvalue weighted by atomic mass is 15.2. The molecule has 2 nitrogen and oxygen atoms in total. The van der Waals surface area contributed by atoms with E-state index in [9.17, 15) is 0 Å². The lowest BCUT2D eigenvalue weighted by atomic mass is 9.85. The van der Waals surface area contributed by atoms with Crippen LogP contribution in [0.5, 0.6) is 0 Å². The monoisotopic (exact) mass is 210 g/mol. The fourth-order valence-corrected chi connectivity index (χ4v) is 3.29. The van der Waals surface area contributed by atoms with E-state index in [1.165, 1.54) is 38.8 Å². The summed E-state index contributed by atoms with van der Waals surface area (Å²) in [4.78, 5) is 2.72. The van der Waals surface area contributed by atoms with E-state index >= 15 is 0 Å². The van der Waals surface area contributed by atoms with Gasteiger partial charge in [0.1, 0.15) is 0 Å². The van der Waals surface area contributed by atoms with Crippen molar-refractivity contribution in [1.29, 1.82) is 0 Å². The molecule has 0 spiro atoms. The summed E-state index contributed by atoms with van der Waals surface area (Å²) in [5, 5.41) is 0. The van der Waals surface area contributed by atoms with Crippen LogP contribution in [0.2, 0.25) is 0 Å². The summed E-state index contributed by atoms with van der Waals surface area (Å²) < 4.78 is 0. The van der Waals surface area contributed by atoms with Crippen LogP contribution in [-0.2, 0) is 0 Å². The van der Waals surface area contributed by atoms with E-state index in [1.54, 1.807) is 0 Å². The molecule has 1 aliphatic heterocycles. The van der Waals surface area contributed by atoms with Crippen LogP contribution in [0.3, 0.4) is 0 Å². The van der Waals surface area contributed by atoms with Gasteiger partial charge >= 0.3 is 0 Å². The Hall–Kier alpha value is -0.0800. The Bertz CT molecular complexity index is 197. The molecule has 1 saturated heterocycles. The number of hydrogen-bond acceptors (Lipinski definition) is 2. The van der Waals surface area contributed by atoms with Gasteiger partial charge in [0.25, 0.3) is 0 Å². The van der Waals surface area contributed by atoms with Gasteiger partial charge in [0.05, 0.1) is 0 Å². The first kappa shape index (κ1) is 11.4. The van der Waals surface area contributed by atoms with Gasteiger partial charge in [-0.1, -0.05) is 20.3 Å². The number of rotatable bonds is 4. The number of likely N-dealkylation sites (tertiary alicyclic amines) is 1. The van der Waals surface area contributed by atoms with Gasteiger partial charge in [0.2, 0.25) is 0 Å². The lowest BCUT2D eigenvalue weighted by molar-refractivity contribution is 0.0122. The van der Waals surface area contributed by atoms with Crippen molar-refractivity contribution in [2.45, 2.75) is 45.6 Å². The molecule has 0 aromatic heterocycles. The molecular formula is C13H26N2. The van der Waals surface area contributed by atoms with Crippen LogP contribution in [-0.4, -0.2) is 30.6 Å². The Balaban J connectivity index is 1.79. The molecule has 15 heavy (non-hydrogen) atoms. The molecule has 2 unspecified atom stereocenters. The van der Waals surface area contributed by atoms with Gasteiger partial charge in [-0.2, -0.15) is 0 Å². The largest absolute Gasteiger partial charge is 0.330 e. The molecule has 2 N–H and O–H groups in total. The molecular weight excluding hydrogens is 184 g/mol. The van der Waals surface area contributed by atoms with Gasteiger partial charge in [-0.15, -0.1) is 0 Å². The van der Waals surface area contributed by atoms with Crippen molar-refractivity contribution >= 4 is 0 Å². The summed E-state index contributed by atoms with van der Waals surface area (Å²) in [6.07, 6.45) is 5.52. The standard InChI is InChI=1S/C13H26N2/c1-10(2)12-8-15(9-12)13-5-3-4-11(13)6-7-14/h10-13H,3-9,14H2,1-2H3. The molecule has 88 valence electrons. The van der Waals surface area contributed by atoms with Crippen molar-refractivity contribution in [3.63, 3.8) is 0 Å². The Morgan fingerprint density at radius 3 is 2.60 bits per heavy atom. The van der Waals surface area contributed by atoms with E-state index in [0.29, 0.717) is 0 Å². The van der Waals surface area contributed by atoms with Gasteiger partial charge in [0, 0.05) is 19.1 Å². The molecule has 2 heteroatoms. The first-order valence-electron chi connectivity index (χ1n) is 6.66. The molecule has 1 saturated carbocycles. The van der Waals surface area contributed by atoms with E-state index in [1.807, 2.05) is 0 Å². The topological polar surface area (TPSA) is 29.3 Å². The molecule has 2 atom stereocenters. The van der Waals surface area contributed by atoms with Crippen LogP contribution in [0.1, 0.15) is 39.5 Å². The van der Waals surface area contributed by atoms with E-state index < -0.39 is 0 Å². The van der Waals surface area contributed by atoms with E-state index in [2.05, 4.69) is 18.7 Å². The van der Waals surface area contributed by atoms with Crippen LogP contribution in [0.25, 0.3) is 0 Å². The smallest absolute Gasteiger partial charge is 0.0124 e. The van der Waals surface area contributed by atoms with Crippen LogP contribution < -0.4 is 5.73 Å². The minimum atomic E-state index is 0.871. The zero-order chi connectivity index (χ0) is 10.8. The average Bonchev–Trinajstić information content (AvgIpc) is 2.50. The van der Waals surface area contributed by atoms with Gasteiger partial charge in [-0.05, 0) is 43.6 Å². The maximum absolute atomic E-state index is 5.69. The third-order valence-corrected chi connectivity index (χ3v) is 4.51. The van der Waals surface area contributed by atoms with E-state index in [4.69, 9.17) is 5.73 Å². The zero-order valence-electron chi connectivity index (χ0n) is 10.3. The van der Waals surface area contributed by atoms with E-state index in [-0.39, 0.29) is 0 Å². The molecule has 2 aliphatic rings. The minimum Gasteiger partial charge on any atom is -0.330 e. The summed E-state index contributed by atoms with van der Waals surface area (Å²) in [5.41, 5.74) is 5.69. The summed E-state index contributed by atoms with van der Waals surface area (Å²) in [5.74, 6) is 2.74. The summed E-state index contributed by atoms with van der Waals surface area (Å²) in [7, 11) is 0. The second-order valence-corrected chi connectivity index (χ2v) is 5.79. The highest BCUT2D eigenvalue weighted by molar-refractivity contribution is 4.92. The van der Waals surface area contributed by atoms with Crippen molar-refractivity contribution in [2.24, 2.45) is 23.5 Å². The second-order valence-electron chi connectivity index (χ2n) is 5.79. The summed E-state index contributed by atoms with van der Waals surface area (Å²) in [6, 6.07) is 0.878. The van der Waals surface area contributed by atoms with Crippen LogP contribution >= 0.6 is 0 Å². The van der Waals surface area contributed by atoms with Gasteiger partial charge in [-0.3, -0.25) is 4.90 Å². The lowest BCUT2D eigenvalue weighted by Gasteiger charge is -2.47. The maximum Gasteiger partial charge on any atom is 0.0124 e. The fraction of sp³-hybridized carbons (Fsp3) is 1.00. The highest BCUT2D eigenvalue weighted by Crippen LogP contribution is 2.37. The van der Waals surface area contributed by atoms with Gasteiger partial charge in [-0.25, -0.2) is 0 Å². The molecule has 1 heterocycles. The fourth-order valence-electron chi connectivity index (χ4n) is 3.29. The van der Waals surface area contributed by atoms with Crippen LogP contribution in [0.4, 0.5) is 0 Å². The predicted molar refractivity (Wildman–Crippen MR) is 64.7 cm³/mol. The molecule has 0 radical (unpaired) electrons. The molecule has 0 bridgehead atoms. The minimum absolute atomic E-state index is 0.871. The first-order valence-corrected chi connectivity index (χ1v) is 6.66. The quantitative estimate of drug-likeness (QED) is 0.770. The molecule has 0 amide bonds. The molecule has 0 aromatic carbocycles. The lowest BCUT2D eigenvalue weighted by Crippen LogP contribution is -2.54. The Kier molecular flexibility index (Phi) is 3.68. The average molecular weight is 210 g/mol. The SMILES string of the molecule is CC(C)C1CN(C2CCCC2CCN)C1. The Labute approximate surface area is 94.2 Å². The molecule has 2 fully saturated rings.